The van der Waals surface area contributed by atoms with Crippen LogP contribution in [0.3, 0.4) is 0 Å². The molecule has 0 aromatic rings. The van der Waals surface area contributed by atoms with Gasteiger partial charge in [0.05, 0.1) is 17.8 Å². The second-order valence-corrected chi connectivity index (χ2v) is 6.14. The molecule has 1 aliphatic rings. The maximum atomic E-state index is 5.92. The van der Waals surface area contributed by atoms with Crippen LogP contribution in [0.25, 0.3) is 0 Å². The molecule has 1 atom stereocenters. The van der Waals surface area contributed by atoms with Gasteiger partial charge in [0.2, 0.25) is 0 Å². The highest BCUT2D eigenvalue weighted by Gasteiger charge is 2.33. The van der Waals surface area contributed by atoms with Crippen molar-refractivity contribution in [1.82, 2.24) is 4.90 Å². The summed E-state index contributed by atoms with van der Waals surface area (Å²) in [5.74, 6) is 0. The van der Waals surface area contributed by atoms with Crippen LogP contribution in [0, 0.1) is 0 Å². The zero-order chi connectivity index (χ0) is 13.1. The third-order valence-electron chi connectivity index (χ3n) is 3.52. The molecule has 0 aliphatic carbocycles. The monoisotopic (exact) mass is 244 g/mol. The lowest BCUT2D eigenvalue weighted by Crippen LogP contribution is -2.55. The molecule has 0 spiro atoms. The quantitative estimate of drug-likeness (QED) is 0.790. The molecule has 17 heavy (non-hydrogen) atoms. The van der Waals surface area contributed by atoms with Gasteiger partial charge in [-0.05, 0) is 34.1 Å². The van der Waals surface area contributed by atoms with E-state index in [1.807, 2.05) is 0 Å². The Balaban J connectivity index is 2.61. The van der Waals surface area contributed by atoms with Crippen LogP contribution in [-0.4, -0.2) is 55.5 Å². The number of nitrogens with zero attached hydrogens (tertiary/aromatic N) is 1. The van der Waals surface area contributed by atoms with Gasteiger partial charge in [-0.1, -0.05) is 0 Å². The molecule has 1 fully saturated rings. The van der Waals surface area contributed by atoms with Crippen LogP contribution in [0.1, 0.15) is 34.1 Å². The fraction of sp³-hybridized carbons (Fsp3) is 1.00. The number of ether oxygens (including phenoxy) is 2. The van der Waals surface area contributed by atoms with Crippen molar-refractivity contribution < 1.29 is 9.47 Å². The van der Waals surface area contributed by atoms with Crippen molar-refractivity contribution in [3.05, 3.63) is 0 Å². The third-order valence-corrected chi connectivity index (χ3v) is 3.52. The van der Waals surface area contributed by atoms with E-state index in [1.165, 1.54) is 0 Å². The van der Waals surface area contributed by atoms with E-state index in [9.17, 15) is 0 Å². The molecule has 0 aromatic carbocycles. The molecule has 0 radical (unpaired) electrons. The Morgan fingerprint density at radius 3 is 2.59 bits per heavy atom. The van der Waals surface area contributed by atoms with E-state index < -0.39 is 0 Å². The van der Waals surface area contributed by atoms with Crippen LogP contribution in [-0.2, 0) is 9.47 Å². The highest BCUT2D eigenvalue weighted by atomic mass is 16.5. The number of morpholine rings is 1. The van der Waals surface area contributed by atoms with Gasteiger partial charge in [0, 0.05) is 32.8 Å². The summed E-state index contributed by atoms with van der Waals surface area (Å²) in [6, 6.07) is 0.369. The second-order valence-electron chi connectivity index (χ2n) is 6.14. The Morgan fingerprint density at radius 1 is 1.47 bits per heavy atom. The molecule has 4 heteroatoms. The summed E-state index contributed by atoms with van der Waals surface area (Å²) in [5, 5.41) is 0. The van der Waals surface area contributed by atoms with Crippen molar-refractivity contribution >= 4 is 0 Å². The number of hydrogen-bond acceptors (Lipinski definition) is 4. The highest BCUT2D eigenvalue weighted by Crippen LogP contribution is 2.23. The predicted octanol–water partition coefficient (Wildman–Crippen LogP) is 1.24. The summed E-state index contributed by atoms with van der Waals surface area (Å²) in [5.41, 5.74) is 5.73. The Labute approximate surface area is 105 Å². The standard InChI is InChI=1S/C13H28N2O2/c1-12(2,16-5)8-11(9-14)15-6-7-17-13(3,4)10-15/h11H,6-10,14H2,1-5H3. The minimum Gasteiger partial charge on any atom is -0.379 e. The van der Waals surface area contributed by atoms with E-state index in [2.05, 4.69) is 32.6 Å². The molecule has 0 saturated carbocycles. The van der Waals surface area contributed by atoms with Crippen LogP contribution >= 0.6 is 0 Å². The van der Waals surface area contributed by atoms with Crippen LogP contribution in [0.4, 0.5) is 0 Å². The number of hydrogen-bond donors (Lipinski definition) is 1. The summed E-state index contributed by atoms with van der Waals surface area (Å²) < 4.78 is 11.2. The summed E-state index contributed by atoms with van der Waals surface area (Å²) in [4.78, 5) is 2.43. The van der Waals surface area contributed by atoms with Crippen molar-refractivity contribution in [1.29, 1.82) is 0 Å². The lowest BCUT2D eigenvalue weighted by molar-refractivity contribution is -0.105. The van der Waals surface area contributed by atoms with Gasteiger partial charge in [0.1, 0.15) is 0 Å². The van der Waals surface area contributed by atoms with Crippen molar-refractivity contribution in [2.45, 2.75) is 51.4 Å². The van der Waals surface area contributed by atoms with Gasteiger partial charge in [0.15, 0.2) is 0 Å². The smallest absolute Gasteiger partial charge is 0.0753 e. The maximum Gasteiger partial charge on any atom is 0.0753 e. The lowest BCUT2D eigenvalue weighted by Gasteiger charge is -2.43. The molecule has 0 amide bonds. The molecule has 2 N–H and O–H groups in total. The van der Waals surface area contributed by atoms with Gasteiger partial charge in [-0.3, -0.25) is 4.90 Å². The first kappa shape index (κ1) is 14.9. The molecule has 1 aliphatic heterocycles. The van der Waals surface area contributed by atoms with Crippen LogP contribution in [0.15, 0.2) is 0 Å². The summed E-state index contributed by atoms with van der Waals surface area (Å²) in [6.07, 6.45) is 0.954. The van der Waals surface area contributed by atoms with E-state index in [1.54, 1.807) is 7.11 Å². The molecular weight excluding hydrogens is 216 g/mol. The molecule has 1 unspecified atom stereocenters. The van der Waals surface area contributed by atoms with E-state index in [0.29, 0.717) is 12.6 Å². The Bertz CT molecular complexity index is 242. The summed E-state index contributed by atoms with van der Waals surface area (Å²) in [7, 11) is 1.76. The van der Waals surface area contributed by atoms with E-state index in [4.69, 9.17) is 15.2 Å². The fourth-order valence-corrected chi connectivity index (χ4v) is 2.38. The van der Waals surface area contributed by atoms with Crippen molar-refractivity contribution in [3.8, 4) is 0 Å². The molecule has 0 bridgehead atoms. The van der Waals surface area contributed by atoms with Crippen LogP contribution in [0.5, 0.6) is 0 Å². The second kappa shape index (κ2) is 5.65. The summed E-state index contributed by atoms with van der Waals surface area (Å²) >= 11 is 0. The minimum absolute atomic E-state index is 0.0666. The molecule has 4 nitrogen and oxygen atoms in total. The van der Waals surface area contributed by atoms with Crippen LogP contribution < -0.4 is 5.73 Å². The van der Waals surface area contributed by atoms with Crippen molar-refractivity contribution in [2.24, 2.45) is 5.73 Å². The van der Waals surface area contributed by atoms with E-state index >= 15 is 0 Å². The molecule has 102 valence electrons. The number of methoxy groups -OCH3 is 1. The fourth-order valence-electron chi connectivity index (χ4n) is 2.38. The SMILES string of the molecule is COC(C)(C)CC(CN)N1CCOC(C)(C)C1. The maximum absolute atomic E-state index is 5.92. The third kappa shape index (κ3) is 4.54. The average Bonchev–Trinajstić information content (AvgIpc) is 2.24. The summed E-state index contributed by atoms with van der Waals surface area (Å²) in [6.45, 7) is 11.9. The first-order chi connectivity index (χ1) is 7.79. The lowest BCUT2D eigenvalue weighted by atomic mass is 9.96. The zero-order valence-electron chi connectivity index (χ0n) is 12.0. The van der Waals surface area contributed by atoms with Crippen molar-refractivity contribution in [3.63, 3.8) is 0 Å². The number of rotatable bonds is 5. The van der Waals surface area contributed by atoms with Crippen LogP contribution in [0.2, 0.25) is 0 Å². The van der Waals surface area contributed by atoms with Gasteiger partial charge in [-0.15, -0.1) is 0 Å². The molecule has 1 saturated heterocycles. The molecule has 1 heterocycles. The number of nitrogens with two attached hydrogens (primary N) is 1. The first-order valence-electron chi connectivity index (χ1n) is 6.43. The zero-order valence-corrected chi connectivity index (χ0v) is 12.0. The van der Waals surface area contributed by atoms with E-state index in [0.717, 1.165) is 26.1 Å². The Morgan fingerprint density at radius 2 is 2.12 bits per heavy atom. The van der Waals surface area contributed by atoms with Crippen molar-refractivity contribution in [2.75, 3.05) is 33.4 Å². The largest absolute Gasteiger partial charge is 0.379 e. The highest BCUT2D eigenvalue weighted by molar-refractivity contribution is 4.87. The molecule has 0 aromatic heterocycles. The Kier molecular flexibility index (Phi) is 4.95. The minimum atomic E-state index is -0.119. The molecular formula is C13H28N2O2. The average molecular weight is 244 g/mol. The van der Waals surface area contributed by atoms with Gasteiger partial charge in [-0.25, -0.2) is 0 Å². The normalized spacial score (nSPS) is 23.6. The van der Waals surface area contributed by atoms with Gasteiger partial charge in [-0.2, -0.15) is 0 Å². The van der Waals surface area contributed by atoms with Gasteiger partial charge < -0.3 is 15.2 Å². The topological polar surface area (TPSA) is 47.7 Å². The first-order valence-corrected chi connectivity index (χ1v) is 6.43. The van der Waals surface area contributed by atoms with Gasteiger partial charge in [0.25, 0.3) is 0 Å². The molecule has 1 rings (SSSR count). The predicted molar refractivity (Wildman–Crippen MR) is 70.2 cm³/mol. The van der Waals surface area contributed by atoms with Gasteiger partial charge >= 0.3 is 0 Å². The Hall–Kier alpha value is -0.160. The van der Waals surface area contributed by atoms with E-state index in [-0.39, 0.29) is 11.2 Å².